The van der Waals surface area contributed by atoms with Gasteiger partial charge in [-0.3, -0.25) is 0 Å². The van der Waals surface area contributed by atoms with Gasteiger partial charge < -0.3 is 15.5 Å². The summed E-state index contributed by atoms with van der Waals surface area (Å²) in [7, 11) is 0. The minimum absolute atomic E-state index is 0.00446. The molecule has 4 heteroatoms. The number of phenolic OH excluding ortho intramolecular Hbond substituents is 2. The molecule has 0 heterocycles. The van der Waals surface area contributed by atoms with Gasteiger partial charge in [-0.1, -0.05) is 6.07 Å². The van der Waals surface area contributed by atoms with Crippen molar-refractivity contribution in [3.63, 3.8) is 0 Å². The third kappa shape index (κ3) is 2.96. The number of phenols is 2. The number of hydrogen-bond acceptors (Lipinski definition) is 3. The van der Waals surface area contributed by atoms with Crippen LogP contribution in [0.2, 0.25) is 0 Å². The second-order valence-electron chi connectivity index (χ2n) is 4.59. The molecule has 2 rings (SSSR count). The Morgan fingerprint density at radius 2 is 1.84 bits per heavy atom. The van der Waals surface area contributed by atoms with Crippen molar-refractivity contribution in [1.82, 2.24) is 0 Å². The molecule has 1 unspecified atom stereocenters. The van der Waals surface area contributed by atoms with Crippen molar-refractivity contribution in [2.75, 3.05) is 5.32 Å². The summed E-state index contributed by atoms with van der Waals surface area (Å²) in [6.07, 6.45) is 0. The fourth-order valence-corrected chi connectivity index (χ4v) is 1.96. The lowest BCUT2D eigenvalue weighted by atomic mass is 10.1. The summed E-state index contributed by atoms with van der Waals surface area (Å²) in [4.78, 5) is 0. The molecule has 0 radical (unpaired) electrons. The first kappa shape index (κ1) is 13.2. The van der Waals surface area contributed by atoms with E-state index < -0.39 is 0 Å². The van der Waals surface area contributed by atoms with E-state index in [9.17, 15) is 14.6 Å². The predicted molar refractivity (Wildman–Crippen MR) is 72.9 cm³/mol. The average Bonchev–Trinajstić information content (AvgIpc) is 2.33. The summed E-state index contributed by atoms with van der Waals surface area (Å²) < 4.78 is 13.6. The quantitative estimate of drug-likeness (QED) is 0.789. The Balaban J connectivity index is 2.25. The van der Waals surface area contributed by atoms with Gasteiger partial charge in [-0.05, 0) is 43.7 Å². The van der Waals surface area contributed by atoms with Crippen LogP contribution in [0.25, 0.3) is 0 Å². The van der Waals surface area contributed by atoms with E-state index in [4.69, 9.17) is 0 Å². The molecule has 0 amide bonds. The van der Waals surface area contributed by atoms with Crippen LogP contribution in [-0.2, 0) is 0 Å². The third-order valence-electron chi connectivity index (χ3n) is 2.97. The highest BCUT2D eigenvalue weighted by Crippen LogP contribution is 2.30. The van der Waals surface area contributed by atoms with Gasteiger partial charge in [0.05, 0.1) is 11.7 Å². The van der Waals surface area contributed by atoms with Crippen molar-refractivity contribution in [2.45, 2.75) is 19.9 Å². The Morgan fingerprint density at radius 3 is 2.53 bits per heavy atom. The molecule has 1 atom stereocenters. The molecule has 19 heavy (non-hydrogen) atoms. The summed E-state index contributed by atoms with van der Waals surface area (Å²) in [5, 5.41) is 22.0. The van der Waals surface area contributed by atoms with Gasteiger partial charge in [-0.15, -0.1) is 0 Å². The molecule has 0 aliphatic rings. The summed E-state index contributed by atoms with van der Waals surface area (Å²) in [5.41, 5.74) is 1.93. The van der Waals surface area contributed by atoms with E-state index in [1.165, 1.54) is 18.2 Å². The summed E-state index contributed by atoms with van der Waals surface area (Å²) in [6, 6.07) is 8.89. The Labute approximate surface area is 111 Å². The van der Waals surface area contributed by atoms with Crippen LogP contribution in [-0.4, -0.2) is 10.2 Å². The molecule has 0 spiro atoms. The number of rotatable bonds is 3. The molecular weight excluding hydrogens is 245 g/mol. The zero-order valence-electron chi connectivity index (χ0n) is 10.8. The van der Waals surface area contributed by atoms with Crippen LogP contribution in [0, 0.1) is 12.7 Å². The predicted octanol–water partition coefficient (Wildman–Crippen LogP) is 3.72. The molecular formula is C15H16FNO2. The highest BCUT2D eigenvalue weighted by Gasteiger charge is 2.12. The van der Waals surface area contributed by atoms with Crippen LogP contribution in [0.1, 0.15) is 24.1 Å². The molecule has 0 bridgehead atoms. The van der Waals surface area contributed by atoms with E-state index >= 15 is 0 Å². The molecule has 0 aromatic heterocycles. The van der Waals surface area contributed by atoms with Crippen molar-refractivity contribution in [2.24, 2.45) is 0 Å². The molecule has 3 nitrogen and oxygen atoms in total. The van der Waals surface area contributed by atoms with Gasteiger partial charge in [-0.2, -0.15) is 0 Å². The van der Waals surface area contributed by atoms with Crippen LogP contribution >= 0.6 is 0 Å². The van der Waals surface area contributed by atoms with E-state index in [1.54, 1.807) is 18.2 Å². The van der Waals surface area contributed by atoms with Crippen molar-refractivity contribution < 1.29 is 14.6 Å². The lowest BCUT2D eigenvalue weighted by Gasteiger charge is -2.18. The number of nitrogens with one attached hydrogen (secondary N) is 1. The Hall–Kier alpha value is -2.23. The van der Waals surface area contributed by atoms with Crippen molar-refractivity contribution >= 4 is 5.69 Å². The van der Waals surface area contributed by atoms with Crippen molar-refractivity contribution in [1.29, 1.82) is 0 Å². The molecule has 2 aromatic carbocycles. The zero-order valence-corrected chi connectivity index (χ0v) is 10.8. The first-order valence-corrected chi connectivity index (χ1v) is 6.02. The second-order valence-corrected chi connectivity index (χ2v) is 4.59. The van der Waals surface area contributed by atoms with E-state index in [0.29, 0.717) is 11.3 Å². The first-order valence-electron chi connectivity index (χ1n) is 6.02. The van der Waals surface area contributed by atoms with E-state index in [0.717, 1.165) is 5.56 Å². The lowest BCUT2D eigenvalue weighted by molar-refractivity contribution is 0.444. The lowest BCUT2D eigenvalue weighted by Crippen LogP contribution is -2.08. The largest absolute Gasteiger partial charge is 0.508 e. The minimum atomic E-state index is -0.337. The number of anilines is 1. The summed E-state index contributed by atoms with van der Waals surface area (Å²) in [6.45, 7) is 3.70. The third-order valence-corrected chi connectivity index (χ3v) is 2.97. The van der Waals surface area contributed by atoms with Gasteiger partial charge in [0.1, 0.15) is 17.3 Å². The number of benzene rings is 2. The van der Waals surface area contributed by atoms with E-state index in [2.05, 4.69) is 5.32 Å². The number of halogens is 1. The Kier molecular flexibility index (Phi) is 3.60. The molecule has 2 aromatic rings. The SMILES string of the molecule is Cc1ccc(F)c(NC(C)c2ccc(O)cc2O)c1. The van der Waals surface area contributed by atoms with Crippen molar-refractivity contribution in [3.05, 3.63) is 53.3 Å². The van der Waals surface area contributed by atoms with Crippen LogP contribution in [0.3, 0.4) is 0 Å². The van der Waals surface area contributed by atoms with E-state index in [-0.39, 0.29) is 23.4 Å². The van der Waals surface area contributed by atoms with Gasteiger partial charge in [0.15, 0.2) is 0 Å². The number of aryl methyl sites for hydroxylation is 1. The Morgan fingerprint density at radius 1 is 1.11 bits per heavy atom. The summed E-state index contributed by atoms with van der Waals surface area (Å²) >= 11 is 0. The maximum atomic E-state index is 13.6. The molecule has 0 saturated heterocycles. The smallest absolute Gasteiger partial charge is 0.146 e. The van der Waals surface area contributed by atoms with Crippen molar-refractivity contribution in [3.8, 4) is 11.5 Å². The van der Waals surface area contributed by atoms with Gasteiger partial charge in [0.25, 0.3) is 0 Å². The fraction of sp³-hybridized carbons (Fsp3) is 0.200. The molecule has 0 aliphatic carbocycles. The topological polar surface area (TPSA) is 52.5 Å². The first-order chi connectivity index (χ1) is 8.97. The minimum Gasteiger partial charge on any atom is -0.508 e. The van der Waals surface area contributed by atoms with Crippen LogP contribution < -0.4 is 5.32 Å². The maximum absolute atomic E-state index is 13.6. The number of aromatic hydroxyl groups is 2. The summed E-state index contributed by atoms with van der Waals surface area (Å²) in [5.74, 6) is -0.362. The maximum Gasteiger partial charge on any atom is 0.146 e. The van der Waals surface area contributed by atoms with Gasteiger partial charge in [0.2, 0.25) is 0 Å². The van der Waals surface area contributed by atoms with Gasteiger partial charge >= 0.3 is 0 Å². The molecule has 0 fully saturated rings. The fourth-order valence-electron chi connectivity index (χ4n) is 1.96. The molecule has 3 N–H and O–H groups in total. The second kappa shape index (κ2) is 5.18. The highest BCUT2D eigenvalue weighted by molar-refractivity contribution is 5.51. The number of hydrogen-bond donors (Lipinski definition) is 3. The monoisotopic (exact) mass is 261 g/mol. The van der Waals surface area contributed by atoms with E-state index in [1.807, 2.05) is 13.8 Å². The van der Waals surface area contributed by atoms with Crippen LogP contribution in [0.15, 0.2) is 36.4 Å². The molecule has 0 saturated carbocycles. The standard InChI is InChI=1S/C15H16FNO2/c1-9-3-6-13(16)14(7-9)17-10(2)12-5-4-11(18)8-15(12)19/h3-8,10,17-19H,1-2H3. The molecule has 0 aliphatic heterocycles. The van der Waals surface area contributed by atoms with Crippen LogP contribution in [0.5, 0.6) is 11.5 Å². The Bertz CT molecular complexity index is 599. The highest BCUT2D eigenvalue weighted by atomic mass is 19.1. The van der Waals surface area contributed by atoms with Gasteiger partial charge in [0, 0.05) is 11.6 Å². The van der Waals surface area contributed by atoms with Crippen LogP contribution in [0.4, 0.5) is 10.1 Å². The average molecular weight is 261 g/mol. The van der Waals surface area contributed by atoms with Gasteiger partial charge in [-0.25, -0.2) is 4.39 Å². The molecule has 100 valence electrons. The zero-order chi connectivity index (χ0) is 14.0. The normalized spacial score (nSPS) is 12.2.